The molecule has 3 aromatic rings. The van der Waals surface area contributed by atoms with Crippen LogP contribution in [0, 0.1) is 5.82 Å². The molecule has 2 aromatic carbocycles. The molecule has 4 nitrogen and oxygen atoms in total. The van der Waals surface area contributed by atoms with Crippen molar-refractivity contribution in [3.8, 4) is 22.6 Å². The summed E-state index contributed by atoms with van der Waals surface area (Å²) in [6, 6.07) is 13.1. The molecule has 0 amide bonds. The Morgan fingerprint density at radius 2 is 1.69 bits per heavy atom. The number of halogens is 2. The summed E-state index contributed by atoms with van der Waals surface area (Å²) in [6.07, 6.45) is 1.69. The highest BCUT2D eigenvalue weighted by molar-refractivity contribution is 6.30. The lowest BCUT2D eigenvalue weighted by molar-refractivity contribution is 0.355. The second-order valence-corrected chi connectivity index (χ2v) is 6.13. The molecule has 0 radical (unpaired) electrons. The Hall–Kier alpha value is -2.79. The molecule has 0 bridgehead atoms. The van der Waals surface area contributed by atoms with Gasteiger partial charge in [-0.25, -0.2) is 4.39 Å². The van der Waals surface area contributed by atoms with Crippen LogP contribution in [-0.4, -0.2) is 18.8 Å². The molecule has 134 valence electrons. The van der Waals surface area contributed by atoms with Crippen LogP contribution in [0.15, 0.2) is 59.5 Å². The summed E-state index contributed by atoms with van der Waals surface area (Å²) < 4.78 is 26.1. The molecule has 1 heterocycles. The molecule has 0 spiro atoms. The van der Waals surface area contributed by atoms with Crippen molar-refractivity contribution in [2.24, 2.45) is 0 Å². The van der Waals surface area contributed by atoms with E-state index >= 15 is 0 Å². The van der Waals surface area contributed by atoms with Gasteiger partial charge < -0.3 is 14.0 Å². The molecule has 0 saturated carbocycles. The molecule has 0 aliphatic heterocycles. The molecule has 0 N–H and O–H groups in total. The van der Waals surface area contributed by atoms with Crippen LogP contribution >= 0.6 is 11.6 Å². The lowest BCUT2D eigenvalue weighted by Gasteiger charge is -2.12. The zero-order valence-electron chi connectivity index (χ0n) is 14.3. The first-order valence-corrected chi connectivity index (χ1v) is 8.26. The van der Waals surface area contributed by atoms with E-state index in [2.05, 4.69) is 0 Å². The molecule has 1 aromatic heterocycles. The molecular formula is C20H17ClFNO3. The highest BCUT2D eigenvalue weighted by atomic mass is 35.5. The van der Waals surface area contributed by atoms with Crippen molar-refractivity contribution in [3.05, 3.63) is 81.5 Å². The Kier molecular flexibility index (Phi) is 5.28. The number of pyridine rings is 1. The van der Waals surface area contributed by atoms with Crippen molar-refractivity contribution < 1.29 is 13.9 Å². The van der Waals surface area contributed by atoms with Crippen molar-refractivity contribution >= 4 is 11.6 Å². The minimum absolute atomic E-state index is 0.114. The summed E-state index contributed by atoms with van der Waals surface area (Å²) in [5, 5.41) is 0.317. The lowest BCUT2D eigenvalue weighted by Crippen LogP contribution is -2.19. The first-order chi connectivity index (χ1) is 12.5. The molecule has 0 atom stereocenters. The topological polar surface area (TPSA) is 40.5 Å². The zero-order chi connectivity index (χ0) is 18.7. The van der Waals surface area contributed by atoms with Crippen LogP contribution in [0.4, 0.5) is 4.39 Å². The van der Waals surface area contributed by atoms with Crippen LogP contribution < -0.4 is 15.0 Å². The van der Waals surface area contributed by atoms with Gasteiger partial charge >= 0.3 is 0 Å². The van der Waals surface area contributed by atoms with Gasteiger partial charge in [0, 0.05) is 22.8 Å². The van der Waals surface area contributed by atoms with Gasteiger partial charge in [0.05, 0.1) is 20.8 Å². The summed E-state index contributed by atoms with van der Waals surface area (Å²) in [5.74, 6) is 0.764. The lowest BCUT2D eigenvalue weighted by atomic mass is 10.1. The van der Waals surface area contributed by atoms with E-state index in [0.29, 0.717) is 22.1 Å². The van der Waals surface area contributed by atoms with Crippen molar-refractivity contribution in [2.75, 3.05) is 14.2 Å². The van der Waals surface area contributed by atoms with Crippen LogP contribution in [0.3, 0.4) is 0 Å². The first kappa shape index (κ1) is 18.0. The van der Waals surface area contributed by atoms with Crippen molar-refractivity contribution in [3.63, 3.8) is 0 Å². The third-order valence-corrected chi connectivity index (χ3v) is 4.29. The van der Waals surface area contributed by atoms with Crippen LogP contribution in [0.25, 0.3) is 11.1 Å². The molecule has 0 fully saturated rings. The Balaban J connectivity index is 1.99. The fraction of sp³-hybridized carbons (Fsp3) is 0.150. The van der Waals surface area contributed by atoms with Gasteiger partial charge in [-0.15, -0.1) is 0 Å². The summed E-state index contributed by atoms with van der Waals surface area (Å²) in [7, 11) is 3.13. The number of nitrogens with zero attached hydrogens (tertiary/aromatic N) is 1. The zero-order valence-corrected chi connectivity index (χ0v) is 15.1. The number of methoxy groups -OCH3 is 2. The van der Waals surface area contributed by atoms with E-state index < -0.39 is 5.82 Å². The average molecular weight is 374 g/mol. The maximum atomic E-state index is 14.0. The Bertz CT molecular complexity index is 1000. The molecule has 0 unspecified atom stereocenters. The summed E-state index contributed by atoms with van der Waals surface area (Å²) in [4.78, 5) is 12.2. The Morgan fingerprint density at radius 3 is 2.38 bits per heavy atom. The maximum Gasteiger partial charge on any atom is 0.250 e. The Labute approximate surface area is 155 Å². The number of hydrogen-bond donors (Lipinski definition) is 0. The summed E-state index contributed by atoms with van der Waals surface area (Å²) in [6.45, 7) is 0.114. The maximum absolute atomic E-state index is 14.0. The number of hydrogen-bond acceptors (Lipinski definition) is 3. The minimum Gasteiger partial charge on any atom is -0.493 e. The minimum atomic E-state index is -0.444. The van der Waals surface area contributed by atoms with Crippen molar-refractivity contribution in [2.45, 2.75) is 6.54 Å². The van der Waals surface area contributed by atoms with E-state index in [9.17, 15) is 9.18 Å². The van der Waals surface area contributed by atoms with Crippen LogP contribution in [0.1, 0.15) is 5.56 Å². The monoisotopic (exact) mass is 373 g/mol. The van der Waals surface area contributed by atoms with Gasteiger partial charge in [-0.3, -0.25) is 4.79 Å². The van der Waals surface area contributed by atoms with Crippen LogP contribution in [-0.2, 0) is 6.54 Å². The van der Waals surface area contributed by atoms with Gasteiger partial charge in [0.15, 0.2) is 11.5 Å². The van der Waals surface area contributed by atoms with E-state index in [1.807, 2.05) is 12.1 Å². The highest BCUT2D eigenvalue weighted by Gasteiger charge is 2.09. The molecule has 26 heavy (non-hydrogen) atoms. The van der Waals surface area contributed by atoms with Crippen LogP contribution in [0.2, 0.25) is 5.02 Å². The third kappa shape index (κ3) is 3.73. The first-order valence-electron chi connectivity index (χ1n) is 7.88. The largest absolute Gasteiger partial charge is 0.493 e. The van der Waals surface area contributed by atoms with Gasteiger partial charge in [-0.1, -0.05) is 23.7 Å². The molecule has 0 aliphatic carbocycles. The van der Waals surface area contributed by atoms with Crippen molar-refractivity contribution in [1.29, 1.82) is 0 Å². The smallest absolute Gasteiger partial charge is 0.250 e. The fourth-order valence-corrected chi connectivity index (χ4v) is 2.83. The molecule has 0 saturated heterocycles. The number of aromatic nitrogens is 1. The third-order valence-electron chi connectivity index (χ3n) is 4.06. The van der Waals surface area contributed by atoms with Crippen molar-refractivity contribution in [1.82, 2.24) is 4.57 Å². The van der Waals surface area contributed by atoms with Gasteiger partial charge in [-0.2, -0.15) is 0 Å². The summed E-state index contributed by atoms with van der Waals surface area (Å²) >= 11 is 5.78. The van der Waals surface area contributed by atoms with E-state index in [1.54, 1.807) is 44.7 Å². The second-order valence-electron chi connectivity index (χ2n) is 5.69. The number of rotatable bonds is 5. The number of benzene rings is 2. The Morgan fingerprint density at radius 1 is 0.962 bits per heavy atom. The van der Waals surface area contributed by atoms with E-state index in [4.69, 9.17) is 21.1 Å². The van der Waals surface area contributed by atoms with Crippen LogP contribution in [0.5, 0.6) is 11.5 Å². The molecule has 0 aliphatic rings. The SMILES string of the molecule is COc1ccc(-c2ccc(=O)n(Cc3ccc(Cl)cc3F)c2)cc1OC. The summed E-state index contributed by atoms with van der Waals surface area (Å²) in [5.41, 5.74) is 1.83. The van der Waals surface area contributed by atoms with E-state index in [1.165, 1.54) is 16.7 Å². The second kappa shape index (κ2) is 7.62. The highest BCUT2D eigenvalue weighted by Crippen LogP contribution is 2.32. The fourth-order valence-electron chi connectivity index (χ4n) is 2.67. The van der Waals surface area contributed by atoms with E-state index in [0.717, 1.165) is 11.1 Å². The van der Waals surface area contributed by atoms with Gasteiger partial charge in [-0.05, 0) is 41.5 Å². The van der Waals surface area contributed by atoms with Gasteiger partial charge in [0.1, 0.15) is 5.82 Å². The average Bonchev–Trinajstić information content (AvgIpc) is 2.65. The number of ether oxygens (including phenoxy) is 2. The van der Waals surface area contributed by atoms with E-state index in [-0.39, 0.29) is 12.1 Å². The molecule has 6 heteroatoms. The predicted octanol–water partition coefficient (Wildman–Crippen LogP) is 4.37. The normalized spacial score (nSPS) is 10.6. The standard InChI is InChI=1S/C20H17ClFNO3/c1-25-18-7-4-13(9-19(18)26-2)14-5-8-20(24)23(11-14)12-15-3-6-16(21)10-17(15)22/h3-11H,12H2,1-2H3. The van der Waals surface area contributed by atoms with Gasteiger partial charge in [0.2, 0.25) is 0 Å². The van der Waals surface area contributed by atoms with Gasteiger partial charge in [0.25, 0.3) is 5.56 Å². The predicted molar refractivity (Wildman–Crippen MR) is 99.8 cm³/mol. The quantitative estimate of drug-likeness (QED) is 0.666. The molecular weight excluding hydrogens is 357 g/mol. The molecule has 3 rings (SSSR count).